The highest BCUT2D eigenvalue weighted by molar-refractivity contribution is 5.78. The Kier molecular flexibility index (Phi) is 6.39. The summed E-state index contributed by atoms with van der Waals surface area (Å²) in [5.74, 6) is -1.78. The van der Waals surface area contributed by atoms with Gasteiger partial charge in [-0.3, -0.25) is 14.7 Å². The van der Waals surface area contributed by atoms with Crippen molar-refractivity contribution in [2.24, 2.45) is 0 Å². The van der Waals surface area contributed by atoms with Crippen LogP contribution >= 0.6 is 0 Å². The first-order chi connectivity index (χ1) is 14.5. The molecule has 0 radical (unpaired) electrons. The SMILES string of the molecule is O=C(Cc1c(F)cccc1F)NC[C@H]1CCC2(CCN(Cc3cccnc3)CC2)O1. The number of carbonyl (C=O) groups excluding carboxylic acids is 1. The average molecular weight is 415 g/mol. The summed E-state index contributed by atoms with van der Waals surface area (Å²) in [6.45, 7) is 3.22. The van der Waals surface area contributed by atoms with E-state index in [0.717, 1.165) is 57.5 Å². The van der Waals surface area contributed by atoms with Gasteiger partial charge in [0.1, 0.15) is 11.6 Å². The number of likely N-dealkylation sites (tertiary alicyclic amines) is 1. The second-order valence-corrected chi connectivity index (χ2v) is 8.28. The normalized spacial score (nSPS) is 21.1. The Morgan fingerprint density at radius 2 is 1.93 bits per heavy atom. The molecular formula is C23H27F2N3O2. The van der Waals surface area contributed by atoms with Gasteiger partial charge in [0.25, 0.3) is 0 Å². The zero-order valence-electron chi connectivity index (χ0n) is 16.9. The Morgan fingerprint density at radius 1 is 1.17 bits per heavy atom. The fourth-order valence-electron chi connectivity index (χ4n) is 4.43. The van der Waals surface area contributed by atoms with E-state index in [2.05, 4.69) is 21.3 Å². The number of carbonyl (C=O) groups is 1. The molecular weight excluding hydrogens is 388 g/mol. The number of hydrogen-bond acceptors (Lipinski definition) is 4. The minimum atomic E-state index is -0.695. The van der Waals surface area contributed by atoms with Crippen molar-refractivity contribution in [2.75, 3.05) is 19.6 Å². The lowest BCUT2D eigenvalue weighted by Crippen LogP contribution is -2.45. The summed E-state index contributed by atoms with van der Waals surface area (Å²) in [5, 5.41) is 2.78. The van der Waals surface area contributed by atoms with E-state index in [1.807, 2.05) is 12.3 Å². The third kappa shape index (κ3) is 5.02. The van der Waals surface area contributed by atoms with E-state index in [1.54, 1.807) is 6.20 Å². The Balaban J connectivity index is 1.22. The molecule has 2 aliphatic heterocycles. The first kappa shape index (κ1) is 20.9. The number of rotatable bonds is 6. The smallest absolute Gasteiger partial charge is 0.224 e. The van der Waals surface area contributed by atoms with Gasteiger partial charge in [-0.2, -0.15) is 0 Å². The van der Waals surface area contributed by atoms with E-state index in [1.165, 1.54) is 11.6 Å². The van der Waals surface area contributed by atoms with Crippen molar-refractivity contribution in [1.29, 1.82) is 0 Å². The molecule has 2 aromatic rings. The second kappa shape index (κ2) is 9.18. The van der Waals surface area contributed by atoms with Crippen LogP contribution in [0.15, 0.2) is 42.7 Å². The van der Waals surface area contributed by atoms with Gasteiger partial charge in [0.2, 0.25) is 5.91 Å². The predicted octanol–water partition coefficient (Wildman–Crippen LogP) is 3.23. The molecule has 1 spiro atoms. The number of amides is 1. The number of piperidine rings is 1. The van der Waals surface area contributed by atoms with Crippen molar-refractivity contribution in [3.05, 3.63) is 65.5 Å². The van der Waals surface area contributed by atoms with E-state index in [0.29, 0.717) is 6.54 Å². The van der Waals surface area contributed by atoms with Gasteiger partial charge in [-0.25, -0.2) is 8.78 Å². The van der Waals surface area contributed by atoms with E-state index >= 15 is 0 Å². The van der Waals surface area contributed by atoms with Gasteiger partial charge >= 0.3 is 0 Å². The van der Waals surface area contributed by atoms with Crippen LogP contribution in [0.5, 0.6) is 0 Å². The summed E-state index contributed by atoms with van der Waals surface area (Å²) in [7, 11) is 0. The molecule has 0 unspecified atom stereocenters. The molecule has 1 amide bonds. The van der Waals surface area contributed by atoms with Crippen LogP contribution in [0.4, 0.5) is 8.78 Å². The molecule has 0 saturated carbocycles. The number of ether oxygens (including phenoxy) is 1. The molecule has 7 heteroatoms. The lowest BCUT2D eigenvalue weighted by Gasteiger charge is -2.39. The third-order valence-electron chi connectivity index (χ3n) is 6.16. The monoisotopic (exact) mass is 415 g/mol. The minimum Gasteiger partial charge on any atom is -0.370 e. The molecule has 5 nitrogen and oxygen atoms in total. The van der Waals surface area contributed by atoms with E-state index < -0.39 is 17.5 Å². The summed E-state index contributed by atoms with van der Waals surface area (Å²) in [5.41, 5.74) is 0.908. The van der Waals surface area contributed by atoms with Gasteiger partial charge in [-0.15, -0.1) is 0 Å². The van der Waals surface area contributed by atoms with Crippen LogP contribution in [0.2, 0.25) is 0 Å². The standard InChI is InChI=1S/C23H27F2N3O2/c24-20-4-1-5-21(25)19(20)13-22(29)27-15-18-6-7-23(30-18)8-11-28(12-9-23)16-17-3-2-10-26-14-17/h1-5,10,14,18H,6-9,11-13,15-16H2,(H,27,29)/t18-/m1/s1. The molecule has 1 aromatic carbocycles. The quantitative estimate of drug-likeness (QED) is 0.787. The highest BCUT2D eigenvalue weighted by Crippen LogP contribution is 2.39. The summed E-state index contributed by atoms with van der Waals surface area (Å²) in [6, 6.07) is 7.67. The van der Waals surface area contributed by atoms with Gasteiger partial charge in [0.15, 0.2) is 0 Å². The number of benzene rings is 1. The van der Waals surface area contributed by atoms with Crippen molar-refractivity contribution >= 4 is 5.91 Å². The topological polar surface area (TPSA) is 54.5 Å². The molecule has 2 saturated heterocycles. The lowest BCUT2D eigenvalue weighted by atomic mass is 9.88. The van der Waals surface area contributed by atoms with Crippen LogP contribution in [0.1, 0.15) is 36.8 Å². The fraction of sp³-hybridized carbons (Fsp3) is 0.478. The highest BCUT2D eigenvalue weighted by Gasteiger charge is 2.42. The summed E-state index contributed by atoms with van der Waals surface area (Å²) in [4.78, 5) is 18.7. The Bertz CT molecular complexity index is 850. The number of hydrogen-bond donors (Lipinski definition) is 1. The van der Waals surface area contributed by atoms with Crippen molar-refractivity contribution in [3.8, 4) is 0 Å². The first-order valence-electron chi connectivity index (χ1n) is 10.5. The van der Waals surface area contributed by atoms with Crippen molar-refractivity contribution in [1.82, 2.24) is 15.2 Å². The van der Waals surface area contributed by atoms with Crippen LogP contribution in [0.3, 0.4) is 0 Å². The molecule has 3 heterocycles. The van der Waals surface area contributed by atoms with Crippen molar-refractivity contribution in [3.63, 3.8) is 0 Å². The maximum absolute atomic E-state index is 13.7. The largest absolute Gasteiger partial charge is 0.370 e. The number of aromatic nitrogens is 1. The summed E-state index contributed by atoms with van der Waals surface area (Å²) < 4.78 is 33.8. The summed E-state index contributed by atoms with van der Waals surface area (Å²) >= 11 is 0. The number of nitrogens with one attached hydrogen (secondary N) is 1. The number of halogens is 2. The van der Waals surface area contributed by atoms with E-state index in [-0.39, 0.29) is 23.7 Å². The van der Waals surface area contributed by atoms with Gasteiger partial charge in [-0.1, -0.05) is 12.1 Å². The number of nitrogens with zero attached hydrogens (tertiary/aromatic N) is 2. The number of pyridine rings is 1. The van der Waals surface area contributed by atoms with Crippen molar-refractivity contribution in [2.45, 2.75) is 50.4 Å². The Hall–Kier alpha value is -2.38. The van der Waals surface area contributed by atoms with Crippen LogP contribution in [-0.4, -0.2) is 47.1 Å². The van der Waals surface area contributed by atoms with Crippen LogP contribution in [-0.2, 0) is 22.5 Å². The fourth-order valence-corrected chi connectivity index (χ4v) is 4.43. The molecule has 30 heavy (non-hydrogen) atoms. The van der Waals surface area contributed by atoms with Gasteiger partial charge in [0, 0.05) is 44.1 Å². The lowest BCUT2D eigenvalue weighted by molar-refractivity contribution is -0.122. The molecule has 2 aliphatic rings. The predicted molar refractivity (Wildman–Crippen MR) is 109 cm³/mol. The van der Waals surface area contributed by atoms with Crippen LogP contribution in [0, 0.1) is 11.6 Å². The highest BCUT2D eigenvalue weighted by atomic mass is 19.1. The van der Waals surface area contributed by atoms with Gasteiger partial charge in [0.05, 0.1) is 18.1 Å². The zero-order chi connectivity index (χ0) is 21.0. The molecule has 4 rings (SSSR count). The molecule has 0 aliphatic carbocycles. The molecule has 2 fully saturated rings. The van der Waals surface area contributed by atoms with E-state index in [4.69, 9.17) is 4.74 Å². The van der Waals surface area contributed by atoms with Crippen molar-refractivity contribution < 1.29 is 18.3 Å². The maximum atomic E-state index is 13.7. The van der Waals surface area contributed by atoms with E-state index in [9.17, 15) is 13.6 Å². The zero-order valence-corrected chi connectivity index (χ0v) is 16.9. The first-order valence-corrected chi connectivity index (χ1v) is 10.5. The van der Waals surface area contributed by atoms with Crippen LogP contribution in [0.25, 0.3) is 0 Å². The Labute approximate surface area is 175 Å². The average Bonchev–Trinajstić information content (AvgIpc) is 3.15. The second-order valence-electron chi connectivity index (χ2n) is 8.28. The summed E-state index contributed by atoms with van der Waals surface area (Å²) in [6.07, 6.45) is 7.14. The minimum absolute atomic E-state index is 0.0516. The maximum Gasteiger partial charge on any atom is 0.224 e. The molecule has 1 atom stereocenters. The van der Waals surface area contributed by atoms with Crippen LogP contribution < -0.4 is 5.32 Å². The molecule has 0 bridgehead atoms. The van der Waals surface area contributed by atoms with Gasteiger partial charge < -0.3 is 10.1 Å². The Morgan fingerprint density at radius 3 is 2.63 bits per heavy atom. The van der Waals surface area contributed by atoms with Gasteiger partial charge in [-0.05, 0) is 49.4 Å². The molecule has 1 N–H and O–H groups in total. The molecule has 1 aromatic heterocycles. The third-order valence-corrected chi connectivity index (χ3v) is 6.16. The molecule has 160 valence electrons.